The predicted molar refractivity (Wildman–Crippen MR) is 54.4 cm³/mol. The van der Waals surface area contributed by atoms with E-state index in [0.717, 1.165) is 6.07 Å². The van der Waals surface area contributed by atoms with Gasteiger partial charge in [-0.25, -0.2) is 8.78 Å². The molecule has 0 spiro atoms. The van der Waals surface area contributed by atoms with Gasteiger partial charge in [0.1, 0.15) is 11.6 Å². The average Bonchev–Trinajstić information content (AvgIpc) is 2.14. The van der Waals surface area contributed by atoms with Crippen LogP contribution in [0.1, 0.15) is 25.5 Å². The summed E-state index contributed by atoms with van der Waals surface area (Å²) in [5.41, 5.74) is 5.77. The van der Waals surface area contributed by atoms with Gasteiger partial charge in [-0.2, -0.15) is 0 Å². The summed E-state index contributed by atoms with van der Waals surface area (Å²) in [4.78, 5) is 0. The molecular formula is C11H15F2NO. The van der Waals surface area contributed by atoms with Crippen molar-refractivity contribution in [2.75, 3.05) is 6.54 Å². The third-order valence-electron chi connectivity index (χ3n) is 1.96. The summed E-state index contributed by atoms with van der Waals surface area (Å²) in [6, 6.07) is 3.40. The topological polar surface area (TPSA) is 35.2 Å². The summed E-state index contributed by atoms with van der Waals surface area (Å²) in [7, 11) is 0. The average molecular weight is 215 g/mol. The van der Waals surface area contributed by atoms with Crippen LogP contribution < -0.4 is 5.73 Å². The highest BCUT2D eigenvalue weighted by molar-refractivity contribution is 5.21. The Labute approximate surface area is 88.0 Å². The number of nitrogens with two attached hydrogens (primary N) is 1. The van der Waals surface area contributed by atoms with Crippen molar-refractivity contribution < 1.29 is 13.5 Å². The summed E-state index contributed by atoms with van der Waals surface area (Å²) in [5, 5.41) is 0. The van der Waals surface area contributed by atoms with Gasteiger partial charge < -0.3 is 10.5 Å². The maximum Gasteiger partial charge on any atom is 0.131 e. The number of halogens is 2. The SMILES string of the molecule is CC(C)OC(CN)c1ccc(F)cc1F. The highest BCUT2D eigenvalue weighted by atomic mass is 19.1. The van der Waals surface area contributed by atoms with Crippen LogP contribution in [0.25, 0.3) is 0 Å². The predicted octanol–water partition coefficient (Wildman–Crippen LogP) is 2.39. The van der Waals surface area contributed by atoms with Gasteiger partial charge in [-0.05, 0) is 19.9 Å². The van der Waals surface area contributed by atoms with Crippen LogP contribution in [0.5, 0.6) is 0 Å². The molecule has 0 saturated carbocycles. The maximum atomic E-state index is 13.4. The van der Waals surface area contributed by atoms with Crippen molar-refractivity contribution in [1.29, 1.82) is 0 Å². The molecular weight excluding hydrogens is 200 g/mol. The summed E-state index contributed by atoms with van der Waals surface area (Å²) in [5.74, 6) is -1.22. The Morgan fingerprint density at radius 1 is 1.33 bits per heavy atom. The van der Waals surface area contributed by atoms with Gasteiger partial charge in [-0.1, -0.05) is 6.07 Å². The molecule has 1 atom stereocenters. The molecule has 1 aromatic rings. The maximum absolute atomic E-state index is 13.4. The standard InChI is InChI=1S/C11H15F2NO/c1-7(2)15-11(6-14)9-4-3-8(12)5-10(9)13/h3-5,7,11H,6,14H2,1-2H3. The molecule has 0 heterocycles. The lowest BCUT2D eigenvalue weighted by molar-refractivity contribution is 0.0100. The lowest BCUT2D eigenvalue weighted by atomic mass is 10.1. The van der Waals surface area contributed by atoms with Crippen molar-refractivity contribution in [3.05, 3.63) is 35.4 Å². The Morgan fingerprint density at radius 3 is 2.47 bits per heavy atom. The van der Waals surface area contributed by atoms with E-state index in [0.29, 0.717) is 5.56 Å². The largest absolute Gasteiger partial charge is 0.369 e. The smallest absolute Gasteiger partial charge is 0.131 e. The fourth-order valence-corrected chi connectivity index (χ4v) is 1.35. The lowest BCUT2D eigenvalue weighted by Gasteiger charge is -2.19. The minimum atomic E-state index is -0.619. The zero-order valence-corrected chi connectivity index (χ0v) is 8.84. The number of hydrogen-bond donors (Lipinski definition) is 1. The Kier molecular flexibility index (Phi) is 4.17. The molecule has 84 valence electrons. The van der Waals surface area contributed by atoms with E-state index in [-0.39, 0.29) is 12.6 Å². The van der Waals surface area contributed by atoms with Crippen LogP contribution in [-0.4, -0.2) is 12.6 Å². The quantitative estimate of drug-likeness (QED) is 0.837. The minimum Gasteiger partial charge on any atom is -0.369 e. The normalized spacial score (nSPS) is 13.2. The number of rotatable bonds is 4. The van der Waals surface area contributed by atoms with Crippen LogP contribution >= 0.6 is 0 Å². The van der Waals surface area contributed by atoms with E-state index < -0.39 is 17.7 Å². The third kappa shape index (κ3) is 3.25. The molecule has 0 aromatic heterocycles. The van der Waals surface area contributed by atoms with Gasteiger partial charge in [-0.15, -0.1) is 0 Å². The van der Waals surface area contributed by atoms with Gasteiger partial charge in [0.2, 0.25) is 0 Å². The van der Waals surface area contributed by atoms with Gasteiger partial charge in [0.25, 0.3) is 0 Å². The Balaban J connectivity index is 2.91. The van der Waals surface area contributed by atoms with E-state index in [2.05, 4.69) is 0 Å². The van der Waals surface area contributed by atoms with Gasteiger partial charge in [0.15, 0.2) is 0 Å². The molecule has 0 saturated heterocycles. The van der Waals surface area contributed by atoms with E-state index in [1.807, 2.05) is 13.8 Å². The van der Waals surface area contributed by atoms with Crippen LogP contribution in [-0.2, 0) is 4.74 Å². The summed E-state index contributed by atoms with van der Waals surface area (Å²) < 4.78 is 31.4. The summed E-state index contributed by atoms with van der Waals surface area (Å²) in [6.07, 6.45) is -0.575. The Bertz CT molecular complexity index is 328. The van der Waals surface area contributed by atoms with Crippen LogP contribution in [0, 0.1) is 11.6 Å². The van der Waals surface area contributed by atoms with Gasteiger partial charge >= 0.3 is 0 Å². The fraction of sp³-hybridized carbons (Fsp3) is 0.455. The first-order valence-corrected chi connectivity index (χ1v) is 4.85. The van der Waals surface area contributed by atoms with Crippen LogP contribution in [0.2, 0.25) is 0 Å². The molecule has 0 bridgehead atoms. The van der Waals surface area contributed by atoms with Crippen LogP contribution in [0.4, 0.5) is 8.78 Å². The Morgan fingerprint density at radius 2 is 2.00 bits per heavy atom. The highest BCUT2D eigenvalue weighted by Crippen LogP contribution is 2.21. The Hall–Kier alpha value is -1.00. The second-order valence-electron chi connectivity index (χ2n) is 3.58. The van der Waals surface area contributed by atoms with Gasteiger partial charge in [-0.3, -0.25) is 0 Å². The van der Waals surface area contributed by atoms with Gasteiger partial charge in [0, 0.05) is 18.2 Å². The van der Waals surface area contributed by atoms with Crippen molar-refractivity contribution in [3.8, 4) is 0 Å². The van der Waals surface area contributed by atoms with Crippen molar-refractivity contribution in [3.63, 3.8) is 0 Å². The molecule has 1 unspecified atom stereocenters. The third-order valence-corrected chi connectivity index (χ3v) is 1.96. The summed E-state index contributed by atoms with van der Waals surface area (Å²) >= 11 is 0. The summed E-state index contributed by atoms with van der Waals surface area (Å²) in [6.45, 7) is 3.84. The molecule has 0 aliphatic heterocycles. The molecule has 0 aliphatic rings. The monoisotopic (exact) mass is 215 g/mol. The van der Waals surface area contributed by atoms with E-state index in [1.165, 1.54) is 12.1 Å². The number of ether oxygens (including phenoxy) is 1. The van der Waals surface area contributed by atoms with Crippen molar-refractivity contribution in [2.45, 2.75) is 26.1 Å². The van der Waals surface area contributed by atoms with Crippen molar-refractivity contribution >= 4 is 0 Å². The number of benzene rings is 1. The molecule has 0 radical (unpaired) electrons. The molecule has 1 rings (SSSR count). The number of hydrogen-bond acceptors (Lipinski definition) is 2. The van der Waals surface area contributed by atoms with Crippen LogP contribution in [0.3, 0.4) is 0 Å². The fourth-order valence-electron chi connectivity index (χ4n) is 1.35. The minimum absolute atomic E-state index is 0.0528. The first-order valence-electron chi connectivity index (χ1n) is 4.85. The first kappa shape index (κ1) is 12.1. The molecule has 0 aliphatic carbocycles. The molecule has 15 heavy (non-hydrogen) atoms. The van der Waals surface area contributed by atoms with E-state index in [1.54, 1.807) is 0 Å². The molecule has 2 N–H and O–H groups in total. The molecule has 0 amide bonds. The van der Waals surface area contributed by atoms with Crippen LogP contribution in [0.15, 0.2) is 18.2 Å². The second kappa shape index (κ2) is 5.19. The van der Waals surface area contributed by atoms with Crippen molar-refractivity contribution in [2.24, 2.45) is 5.73 Å². The molecule has 2 nitrogen and oxygen atoms in total. The van der Waals surface area contributed by atoms with E-state index in [9.17, 15) is 8.78 Å². The molecule has 1 aromatic carbocycles. The van der Waals surface area contributed by atoms with E-state index in [4.69, 9.17) is 10.5 Å². The highest BCUT2D eigenvalue weighted by Gasteiger charge is 2.16. The zero-order chi connectivity index (χ0) is 11.4. The van der Waals surface area contributed by atoms with Gasteiger partial charge in [0.05, 0.1) is 12.2 Å². The molecule has 0 fully saturated rings. The lowest BCUT2D eigenvalue weighted by Crippen LogP contribution is -2.20. The second-order valence-corrected chi connectivity index (χ2v) is 3.58. The van der Waals surface area contributed by atoms with E-state index >= 15 is 0 Å². The zero-order valence-electron chi connectivity index (χ0n) is 8.84. The first-order chi connectivity index (χ1) is 7.04. The van der Waals surface area contributed by atoms with Crippen molar-refractivity contribution in [1.82, 2.24) is 0 Å². The molecule has 4 heteroatoms.